The van der Waals surface area contributed by atoms with E-state index in [9.17, 15) is 4.79 Å². The number of hydrogen-bond acceptors (Lipinski definition) is 7. The minimum atomic E-state index is -0.344. The van der Waals surface area contributed by atoms with Crippen LogP contribution in [0.15, 0.2) is 71.4 Å². The van der Waals surface area contributed by atoms with Crippen LogP contribution < -0.4 is 4.74 Å². The van der Waals surface area contributed by atoms with Crippen LogP contribution in [0.2, 0.25) is 5.02 Å². The molecule has 5 aromatic rings. The van der Waals surface area contributed by atoms with E-state index in [1.165, 1.54) is 12.7 Å². The molecule has 0 bridgehead atoms. The molecule has 1 fully saturated rings. The third-order valence-corrected chi connectivity index (χ3v) is 8.82. The molecule has 1 aliphatic carbocycles. The van der Waals surface area contributed by atoms with Crippen LogP contribution in [-0.2, 0) is 29.0 Å². The Morgan fingerprint density at radius 1 is 1.12 bits per heavy atom. The number of hydrogen-bond donors (Lipinski definition) is 0. The number of benzene rings is 2. The molecule has 3 aromatic heterocycles. The zero-order chi connectivity index (χ0) is 29.3. The number of methoxy groups -OCH3 is 1. The second-order valence-electron chi connectivity index (χ2n) is 11.2. The summed E-state index contributed by atoms with van der Waals surface area (Å²) in [6.45, 7) is 1.88. The molecule has 0 amide bonds. The number of nitrogens with zero attached hydrogens (tertiary/aromatic N) is 3. The lowest BCUT2D eigenvalue weighted by molar-refractivity contribution is -0.0590. The lowest BCUT2D eigenvalue weighted by Crippen LogP contribution is -2.32. The molecule has 0 radical (unpaired) electrons. The maximum Gasteiger partial charge on any atom is 0.337 e. The van der Waals surface area contributed by atoms with E-state index in [-0.39, 0.29) is 12.1 Å². The van der Waals surface area contributed by atoms with Gasteiger partial charge in [-0.25, -0.2) is 14.8 Å². The fourth-order valence-corrected chi connectivity index (χ4v) is 6.21. The molecule has 2 unspecified atom stereocenters. The van der Waals surface area contributed by atoms with Gasteiger partial charge < -0.3 is 23.2 Å². The Bertz CT molecular complexity index is 1840. The van der Waals surface area contributed by atoms with Gasteiger partial charge in [0, 0.05) is 30.0 Å². The van der Waals surface area contributed by atoms with E-state index in [0.717, 1.165) is 84.3 Å². The number of carbonyl (C=O) groups excluding carboxylic acids is 1. The van der Waals surface area contributed by atoms with Crippen molar-refractivity contribution in [2.24, 2.45) is 5.92 Å². The summed E-state index contributed by atoms with van der Waals surface area (Å²) >= 11 is 6.28. The number of pyridine rings is 1. The fourth-order valence-electron chi connectivity index (χ4n) is 6.00. The van der Waals surface area contributed by atoms with Gasteiger partial charge >= 0.3 is 5.97 Å². The van der Waals surface area contributed by atoms with Gasteiger partial charge in [-0.1, -0.05) is 29.8 Å². The van der Waals surface area contributed by atoms with Crippen LogP contribution in [0, 0.1) is 5.92 Å². The maximum absolute atomic E-state index is 12.2. The third-order valence-electron chi connectivity index (χ3n) is 8.49. The van der Waals surface area contributed by atoms with Crippen molar-refractivity contribution in [3.63, 3.8) is 0 Å². The summed E-state index contributed by atoms with van der Waals surface area (Å²) in [6.07, 6.45) is 8.94. The molecule has 1 saturated heterocycles. The number of furan rings is 1. The Hall–Kier alpha value is -4.14. The van der Waals surface area contributed by atoms with Gasteiger partial charge in [0.2, 0.25) is 5.88 Å². The Kier molecular flexibility index (Phi) is 7.63. The first-order valence-electron chi connectivity index (χ1n) is 14.7. The van der Waals surface area contributed by atoms with Crippen molar-refractivity contribution in [2.75, 3.05) is 13.7 Å². The normalized spacial score (nSPS) is 18.4. The minimum absolute atomic E-state index is 0.182. The lowest BCUT2D eigenvalue weighted by Gasteiger charge is -2.28. The summed E-state index contributed by atoms with van der Waals surface area (Å²) in [5, 5.41) is 1.54. The van der Waals surface area contributed by atoms with Gasteiger partial charge in [0.15, 0.2) is 0 Å². The van der Waals surface area contributed by atoms with E-state index in [0.29, 0.717) is 29.0 Å². The van der Waals surface area contributed by atoms with Crippen molar-refractivity contribution >= 4 is 45.1 Å². The number of aromatic nitrogens is 3. The average molecular weight is 598 g/mol. The minimum Gasteiger partial charge on any atom is -0.473 e. The molecule has 0 N–H and O–H groups in total. The summed E-state index contributed by atoms with van der Waals surface area (Å²) in [7, 11) is 1.40. The quantitative estimate of drug-likeness (QED) is 0.163. The Balaban J connectivity index is 1.05. The molecule has 2 aliphatic rings. The highest BCUT2D eigenvalue weighted by molar-refractivity contribution is 6.35. The van der Waals surface area contributed by atoms with Crippen molar-refractivity contribution < 1.29 is 23.4 Å². The van der Waals surface area contributed by atoms with E-state index in [4.69, 9.17) is 40.2 Å². The summed E-state index contributed by atoms with van der Waals surface area (Å²) in [5.74, 6) is 1.73. The van der Waals surface area contributed by atoms with Gasteiger partial charge in [0.05, 0.1) is 53.3 Å². The molecule has 43 heavy (non-hydrogen) atoms. The molecule has 2 atom stereocenters. The van der Waals surface area contributed by atoms with Gasteiger partial charge in [-0.2, -0.15) is 0 Å². The van der Waals surface area contributed by atoms with Crippen molar-refractivity contribution in [1.82, 2.24) is 14.5 Å². The van der Waals surface area contributed by atoms with Gasteiger partial charge in [-0.05, 0) is 73.6 Å². The van der Waals surface area contributed by atoms with Crippen molar-refractivity contribution in [1.29, 1.82) is 0 Å². The first-order valence-corrected chi connectivity index (χ1v) is 15.1. The topological polar surface area (TPSA) is 88.6 Å². The molecule has 220 valence electrons. The third kappa shape index (κ3) is 5.65. The van der Waals surface area contributed by atoms with Crippen LogP contribution in [-0.4, -0.2) is 40.3 Å². The molecule has 1 aliphatic heterocycles. The van der Waals surface area contributed by atoms with Gasteiger partial charge in [0.25, 0.3) is 0 Å². The first-order chi connectivity index (χ1) is 21.1. The van der Waals surface area contributed by atoms with Crippen LogP contribution in [0.25, 0.3) is 27.6 Å². The monoisotopic (exact) mass is 597 g/mol. The van der Waals surface area contributed by atoms with Crippen LogP contribution in [0.1, 0.15) is 53.1 Å². The van der Waals surface area contributed by atoms with Gasteiger partial charge in [-0.15, -0.1) is 0 Å². The van der Waals surface area contributed by atoms with Crippen molar-refractivity contribution in [3.05, 3.63) is 94.6 Å². The molecule has 8 nitrogen and oxygen atoms in total. The SMILES string of the molecule is COC(=O)c1ccc2nc(CC3CC=C(c4cccc(OCc5ccc(Cl)c6ccoc56)n4)CC3)n(CC3CCO3)c2c1. The average Bonchev–Trinajstić information content (AvgIpc) is 3.64. The molecule has 4 heterocycles. The van der Waals surface area contributed by atoms with E-state index < -0.39 is 0 Å². The number of carbonyl (C=O) groups is 1. The second kappa shape index (κ2) is 11.9. The van der Waals surface area contributed by atoms with E-state index >= 15 is 0 Å². The van der Waals surface area contributed by atoms with Crippen LogP contribution >= 0.6 is 11.6 Å². The highest BCUT2D eigenvalue weighted by atomic mass is 35.5. The Morgan fingerprint density at radius 3 is 2.81 bits per heavy atom. The van der Waals surface area contributed by atoms with Crippen molar-refractivity contribution in [2.45, 2.75) is 51.4 Å². The predicted molar refractivity (Wildman–Crippen MR) is 164 cm³/mol. The standard InChI is InChI=1S/C34H32ClN3O5/c1-40-34(39)23-10-12-29-30(18-23)38(19-25-13-15-41-25)31(36-29)17-21-5-7-22(8-6-21)28-3-2-4-32(37-28)43-20-24-9-11-27(35)26-14-16-42-33(24)26/h2-4,7,9-12,14,16,18,21,25H,5-6,8,13,15,17,19-20H2,1H3. The van der Waals surface area contributed by atoms with E-state index in [1.807, 2.05) is 48.5 Å². The number of esters is 1. The number of ether oxygens (including phenoxy) is 3. The summed E-state index contributed by atoms with van der Waals surface area (Å²) in [5.41, 5.74) is 6.22. The molecule has 0 saturated carbocycles. The molecular formula is C34H32ClN3O5. The highest BCUT2D eigenvalue weighted by Crippen LogP contribution is 2.34. The largest absolute Gasteiger partial charge is 0.473 e. The fraction of sp³-hybridized carbons (Fsp3) is 0.324. The Morgan fingerprint density at radius 2 is 2.02 bits per heavy atom. The van der Waals surface area contributed by atoms with Gasteiger partial charge in [0.1, 0.15) is 18.0 Å². The second-order valence-corrected chi connectivity index (χ2v) is 11.6. The number of fused-ring (bicyclic) bond motifs is 2. The highest BCUT2D eigenvalue weighted by Gasteiger charge is 2.25. The number of imidazole rings is 1. The van der Waals surface area contributed by atoms with Crippen LogP contribution in [0.5, 0.6) is 5.88 Å². The predicted octanol–water partition coefficient (Wildman–Crippen LogP) is 7.41. The summed E-state index contributed by atoms with van der Waals surface area (Å²) in [6, 6.07) is 17.1. The molecule has 7 rings (SSSR count). The summed E-state index contributed by atoms with van der Waals surface area (Å²) in [4.78, 5) is 22.0. The zero-order valence-corrected chi connectivity index (χ0v) is 24.7. The number of rotatable bonds is 9. The zero-order valence-electron chi connectivity index (χ0n) is 23.9. The molecular weight excluding hydrogens is 566 g/mol. The maximum atomic E-state index is 12.2. The van der Waals surface area contributed by atoms with Crippen LogP contribution in [0.4, 0.5) is 0 Å². The number of halogens is 1. The Labute approximate surface area is 254 Å². The lowest BCUT2D eigenvalue weighted by atomic mass is 9.86. The first kappa shape index (κ1) is 27.7. The molecule has 0 spiro atoms. The van der Waals surface area contributed by atoms with E-state index in [1.54, 1.807) is 12.3 Å². The molecule has 2 aromatic carbocycles. The van der Waals surface area contributed by atoms with Crippen LogP contribution in [0.3, 0.4) is 0 Å². The summed E-state index contributed by atoms with van der Waals surface area (Å²) < 4.78 is 24.6. The van der Waals surface area contributed by atoms with Crippen molar-refractivity contribution in [3.8, 4) is 5.88 Å². The van der Waals surface area contributed by atoms with E-state index in [2.05, 4.69) is 10.6 Å². The molecule has 9 heteroatoms. The smallest absolute Gasteiger partial charge is 0.337 e. The van der Waals surface area contributed by atoms with Gasteiger partial charge in [-0.3, -0.25) is 0 Å². The number of allylic oxidation sites excluding steroid dienone is 2.